The van der Waals surface area contributed by atoms with Crippen molar-refractivity contribution in [1.29, 1.82) is 0 Å². The van der Waals surface area contributed by atoms with Crippen LogP contribution >= 0.6 is 0 Å². The predicted molar refractivity (Wildman–Crippen MR) is 113 cm³/mol. The Morgan fingerprint density at radius 3 is 1.40 bits per heavy atom. The smallest absolute Gasteiger partial charge is 0.0279 e. The standard InChI is InChI=1S/C18H30.C7H8/c1-2-3-4-5-6-7-8-9-10-12-15-18-16-13-11-14-17-18;1-7-5-3-2-4-6-7/h11,13-14,16-17H,2-10,12,15H2,1H3;2-6H,1H3. The molecule has 0 N–H and O–H groups in total. The number of hydrogen-bond acceptors (Lipinski definition) is 0. The van der Waals surface area contributed by atoms with E-state index in [4.69, 9.17) is 0 Å². The molecule has 25 heavy (non-hydrogen) atoms. The lowest BCUT2D eigenvalue weighted by molar-refractivity contribution is 0.556. The topological polar surface area (TPSA) is 0 Å². The molecule has 0 bridgehead atoms. The third kappa shape index (κ3) is 13.4. The summed E-state index contributed by atoms with van der Waals surface area (Å²) < 4.78 is 0. The van der Waals surface area contributed by atoms with Crippen molar-refractivity contribution in [1.82, 2.24) is 0 Å². The maximum Gasteiger partial charge on any atom is -0.0279 e. The van der Waals surface area contributed by atoms with Crippen molar-refractivity contribution in [2.24, 2.45) is 0 Å². The van der Waals surface area contributed by atoms with E-state index >= 15 is 0 Å². The first-order valence-corrected chi connectivity index (χ1v) is 10.4. The summed E-state index contributed by atoms with van der Waals surface area (Å²) in [6, 6.07) is 21.1. The molecule has 0 fully saturated rings. The summed E-state index contributed by atoms with van der Waals surface area (Å²) >= 11 is 0. The van der Waals surface area contributed by atoms with Crippen molar-refractivity contribution < 1.29 is 0 Å². The molecule has 0 unspecified atom stereocenters. The highest BCUT2D eigenvalue weighted by atomic mass is 14.0. The van der Waals surface area contributed by atoms with Gasteiger partial charge in [0.05, 0.1) is 0 Å². The van der Waals surface area contributed by atoms with Gasteiger partial charge in [0.15, 0.2) is 0 Å². The molecule has 0 radical (unpaired) electrons. The van der Waals surface area contributed by atoms with Gasteiger partial charge in [-0.1, -0.05) is 131 Å². The van der Waals surface area contributed by atoms with E-state index in [1.54, 1.807) is 0 Å². The van der Waals surface area contributed by atoms with E-state index in [9.17, 15) is 0 Å². The number of benzene rings is 2. The fraction of sp³-hybridized carbons (Fsp3) is 0.520. The Morgan fingerprint density at radius 2 is 0.960 bits per heavy atom. The van der Waals surface area contributed by atoms with Crippen LogP contribution in [0.15, 0.2) is 60.7 Å². The Bertz CT molecular complexity index is 486. The Labute approximate surface area is 156 Å². The van der Waals surface area contributed by atoms with Crippen molar-refractivity contribution in [2.45, 2.75) is 84.5 Å². The van der Waals surface area contributed by atoms with E-state index in [0.29, 0.717) is 0 Å². The summed E-state index contributed by atoms with van der Waals surface area (Å²) in [6.45, 7) is 4.37. The Kier molecular flexibility index (Phi) is 13.7. The first-order valence-electron chi connectivity index (χ1n) is 10.4. The van der Waals surface area contributed by atoms with Gasteiger partial charge < -0.3 is 0 Å². The van der Waals surface area contributed by atoms with Crippen LogP contribution in [-0.2, 0) is 6.42 Å². The molecule has 138 valence electrons. The van der Waals surface area contributed by atoms with Gasteiger partial charge in [0, 0.05) is 0 Å². The van der Waals surface area contributed by atoms with E-state index in [1.165, 1.54) is 81.8 Å². The highest BCUT2D eigenvalue weighted by Crippen LogP contribution is 2.12. The molecular formula is C25H38. The zero-order chi connectivity index (χ0) is 18.0. The van der Waals surface area contributed by atoms with Crippen molar-refractivity contribution in [3.63, 3.8) is 0 Å². The minimum absolute atomic E-state index is 1.26. The fourth-order valence-corrected chi connectivity index (χ4v) is 3.00. The van der Waals surface area contributed by atoms with Gasteiger partial charge in [-0.15, -0.1) is 0 Å². The lowest BCUT2D eigenvalue weighted by Gasteiger charge is -2.03. The van der Waals surface area contributed by atoms with Crippen LogP contribution in [0.5, 0.6) is 0 Å². The third-order valence-electron chi connectivity index (χ3n) is 4.60. The van der Waals surface area contributed by atoms with Crippen LogP contribution in [0, 0.1) is 6.92 Å². The summed E-state index contributed by atoms with van der Waals surface area (Å²) in [4.78, 5) is 0. The van der Waals surface area contributed by atoms with Crippen molar-refractivity contribution >= 4 is 0 Å². The van der Waals surface area contributed by atoms with Crippen LogP contribution in [0.1, 0.15) is 82.3 Å². The van der Waals surface area contributed by atoms with E-state index in [1.807, 2.05) is 18.2 Å². The summed E-state index contributed by atoms with van der Waals surface area (Å²) in [6.07, 6.45) is 15.5. The van der Waals surface area contributed by atoms with E-state index in [2.05, 4.69) is 56.3 Å². The Balaban J connectivity index is 0.000000370. The molecule has 2 aromatic rings. The number of aryl methyl sites for hydroxylation is 2. The Morgan fingerprint density at radius 1 is 0.520 bits per heavy atom. The third-order valence-corrected chi connectivity index (χ3v) is 4.60. The molecule has 0 heterocycles. The van der Waals surface area contributed by atoms with Gasteiger partial charge in [-0.05, 0) is 25.3 Å². The van der Waals surface area contributed by atoms with Crippen molar-refractivity contribution in [3.8, 4) is 0 Å². The van der Waals surface area contributed by atoms with E-state index < -0.39 is 0 Å². The minimum Gasteiger partial charge on any atom is -0.0654 e. The molecule has 0 atom stereocenters. The molecule has 2 rings (SSSR count). The maximum atomic E-state index is 2.28. The molecule has 0 saturated carbocycles. The van der Waals surface area contributed by atoms with Crippen LogP contribution < -0.4 is 0 Å². The minimum atomic E-state index is 1.26. The lowest BCUT2D eigenvalue weighted by atomic mass is 10.0. The van der Waals surface area contributed by atoms with E-state index in [-0.39, 0.29) is 0 Å². The summed E-state index contributed by atoms with van der Waals surface area (Å²) in [5.74, 6) is 0. The average molecular weight is 339 g/mol. The SMILES string of the molecule is CCCCCCCCCCCCc1ccccc1.Cc1ccccc1. The van der Waals surface area contributed by atoms with Crippen LogP contribution in [0.2, 0.25) is 0 Å². The summed E-state index contributed by atoms with van der Waals surface area (Å²) in [5.41, 5.74) is 2.82. The molecule has 0 spiro atoms. The monoisotopic (exact) mass is 338 g/mol. The first kappa shape index (κ1) is 21.5. The highest BCUT2D eigenvalue weighted by molar-refractivity contribution is 5.14. The summed E-state index contributed by atoms with van der Waals surface area (Å²) in [5, 5.41) is 0. The van der Waals surface area contributed by atoms with Crippen LogP contribution in [-0.4, -0.2) is 0 Å². The Hall–Kier alpha value is -1.56. The second-order valence-corrected chi connectivity index (χ2v) is 7.07. The highest BCUT2D eigenvalue weighted by Gasteiger charge is 1.94. The molecule has 0 aliphatic heterocycles. The van der Waals surface area contributed by atoms with Gasteiger partial charge >= 0.3 is 0 Å². The number of rotatable bonds is 11. The second kappa shape index (κ2) is 15.9. The number of hydrogen-bond donors (Lipinski definition) is 0. The fourth-order valence-electron chi connectivity index (χ4n) is 3.00. The molecule has 2 aromatic carbocycles. The van der Waals surface area contributed by atoms with Gasteiger partial charge in [-0.3, -0.25) is 0 Å². The zero-order valence-corrected chi connectivity index (χ0v) is 16.6. The van der Waals surface area contributed by atoms with E-state index in [0.717, 1.165) is 0 Å². The molecule has 0 aromatic heterocycles. The molecule has 0 aliphatic carbocycles. The van der Waals surface area contributed by atoms with Crippen LogP contribution in [0.3, 0.4) is 0 Å². The maximum absolute atomic E-state index is 2.28. The molecule has 0 nitrogen and oxygen atoms in total. The average Bonchev–Trinajstić information content (AvgIpc) is 2.65. The van der Waals surface area contributed by atoms with Gasteiger partial charge in [0.1, 0.15) is 0 Å². The number of unbranched alkanes of at least 4 members (excludes halogenated alkanes) is 9. The lowest BCUT2D eigenvalue weighted by Crippen LogP contribution is -1.86. The quantitative estimate of drug-likeness (QED) is 0.363. The van der Waals surface area contributed by atoms with Crippen LogP contribution in [0.25, 0.3) is 0 Å². The molecule has 0 aliphatic rings. The second-order valence-electron chi connectivity index (χ2n) is 7.07. The first-order chi connectivity index (χ1) is 12.3. The summed E-state index contributed by atoms with van der Waals surface area (Å²) in [7, 11) is 0. The van der Waals surface area contributed by atoms with Crippen molar-refractivity contribution in [3.05, 3.63) is 71.8 Å². The molecular weight excluding hydrogens is 300 g/mol. The van der Waals surface area contributed by atoms with Gasteiger partial charge in [0.25, 0.3) is 0 Å². The van der Waals surface area contributed by atoms with Gasteiger partial charge in [-0.25, -0.2) is 0 Å². The zero-order valence-electron chi connectivity index (χ0n) is 16.6. The normalized spacial score (nSPS) is 10.2. The largest absolute Gasteiger partial charge is 0.0654 e. The van der Waals surface area contributed by atoms with Gasteiger partial charge in [0.2, 0.25) is 0 Å². The molecule has 0 saturated heterocycles. The molecule has 0 amide bonds. The molecule has 0 heteroatoms. The van der Waals surface area contributed by atoms with Crippen LogP contribution in [0.4, 0.5) is 0 Å². The van der Waals surface area contributed by atoms with Gasteiger partial charge in [-0.2, -0.15) is 0 Å². The predicted octanol–water partition coefficient (Wildman–Crippen LogP) is 8.15. The van der Waals surface area contributed by atoms with Crippen molar-refractivity contribution in [2.75, 3.05) is 0 Å².